The number of hydrogen-bond acceptors (Lipinski definition) is 7. The Morgan fingerprint density at radius 2 is 1.61 bits per heavy atom. The molecule has 33 heavy (non-hydrogen) atoms. The van der Waals surface area contributed by atoms with Crippen LogP contribution in [0, 0.1) is 10.1 Å². The van der Waals surface area contributed by atoms with Crippen LogP contribution in [0.25, 0.3) is 10.8 Å². The van der Waals surface area contributed by atoms with Crippen molar-refractivity contribution >= 4 is 32.5 Å². The molecule has 0 bridgehead atoms. The van der Waals surface area contributed by atoms with Crippen molar-refractivity contribution in [1.29, 1.82) is 0 Å². The Morgan fingerprint density at radius 3 is 2.27 bits per heavy atom. The third-order valence-corrected chi connectivity index (χ3v) is 6.57. The molecule has 0 spiro atoms. The van der Waals surface area contributed by atoms with Gasteiger partial charge in [-0.1, -0.05) is 42.5 Å². The highest BCUT2D eigenvalue weighted by molar-refractivity contribution is 7.87. The molecule has 0 saturated carbocycles. The van der Waals surface area contributed by atoms with Crippen LogP contribution in [0.5, 0.6) is 5.75 Å². The van der Waals surface area contributed by atoms with E-state index >= 15 is 0 Å². The van der Waals surface area contributed by atoms with E-state index in [2.05, 4.69) is 4.90 Å². The number of hydrogen-bond donors (Lipinski definition) is 0. The summed E-state index contributed by atoms with van der Waals surface area (Å²) in [5.74, 6) is -1.04. The predicted octanol–water partition coefficient (Wildman–Crippen LogP) is 2.80. The third-order valence-electron chi connectivity index (χ3n) is 5.52. The van der Waals surface area contributed by atoms with Gasteiger partial charge in [0, 0.05) is 44.9 Å². The van der Waals surface area contributed by atoms with E-state index in [4.69, 9.17) is 4.18 Å². The lowest BCUT2D eigenvalue weighted by atomic mass is 10.1. The van der Waals surface area contributed by atoms with Crippen molar-refractivity contribution in [3.63, 3.8) is 0 Å². The summed E-state index contributed by atoms with van der Waals surface area (Å²) >= 11 is 0. The first-order valence-electron chi connectivity index (χ1n) is 10.4. The molecule has 0 radical (unpaired) electrons. The topological polar surface area (TPSA) is 110 Å². The fraction of sp³-hybridized carbons (Fsp3) is 0.261. The molecular weight excluding hydrogens is 446 g/mol. The molecule has 4 rings (SSSR count). The van der Waals surface area contributed by atoms with Gasteiger partial charge in [-0.05, 0) is 28.5 Å². The second-order valence-corrected chi connectivity index (χ2v) is 9.45. The second kappa shape index (κ2) is 9.55. The van der Waals surface area contributed by atoms with Crippen molar-refractivity contribution in [2.75, 3.05) is 31.9 Å². The Balaban J connectivity index is 1.29. The monoisotopic (exact) mass is 469 g/mol. The predicted molar refractivity (Wildman–Crippen MR) is 123 cm³/mol. The number of amides is 1. The van der Waals surface area contributed by atoms with Crippen LogP contribution < -0.4 is 4.18 Å². The van der Waals surface area contributed by atoms with Crippen LogP contribution in [0.3, 0.4) is 0 Å². The van der Waals surface area contributed by atoms with Gasteiger partial charge in [0.1, 0.15) is 5.75 Å². The van der Waals surface area contributed by atoms with E-state index in [0.29, 0.717) is 32.7 Å². The fourth-order valence-electron chi connectivity index (χ4n) is 3.77. The van der Waals surface area contributed by atoms with E-state index in [9.17, 15) is 23.3 Å². The maximum absolute atomic E-state index is 12.6. The Kier molecular flexibility index (Phi) is 6.57. The number of piperazine rings is 1. The summed E-state index contributed by atoms with van der Waals surface area (Å²) in [7, 11) is -4.08. The number of carbonyl (C=O) groups is 1. The minimum Gasteiger partial charge on any atom is -0.382 e. The highest BCUT2D eigenvalue weighted by Gasteiger charge is 2.26. The van der Waals surface area contributed by atoms with Crippen LogP contribution in [0.4, 0.5) is 5.69 Å². The van der Waals surface area contributed by atoms with E-state index in [1.165, 1.54) is 17.0 Å². The molecule has 1 amide bonds. The van der Waals surface area contributed by atoms with Crippen molar-refractivity contribution in [3.05, 3.63) is 82.4 Å². The molecule has 0 atom stereocenters. The van der Waals surface area contributed by atoms with Gasteiger partial charge >= 0.3 is 10.1 Å². The van der Waals surface area contributed by atoms with Gasteiger partial charge < -0.3 is 9.08 Å². The molecule has 0 aromatic heterocycles. The summed E-state index contributed by atoms with van der Waals surface area (Å²) in [4.78, 5) is 26.5. The maximum Gasteiger partial charge on any atom is 0.318 e. The van der Waals surface area contributed by atoms with E-state index < -0.39 is 26.7 Å². The molecule has 0 unspecified atom stereocenters. The Bertz CT molecular complexity index is 1270. The zero-order chi connectivity index (χ0) is 23.4. The zero-order valence-electron chi connectivity index (χ0n) is 17.8. The summed E-state index contributed by atoms with van der Waals surface area (Å²) < 4.78 is 30.0. The molecule has 10 heteroatoms. The second-order valence-electron chi connectivity index (χ2n) is 7.87. The summed E-state index contributed by atoms with van der Waals surface area (Å²) in [6, 6.07) is 18.9. The first kappa shape index (κ1) is 22.7. The van der Waals surface area contributed by atoms with Crippen molar-refractivity contribution in [3.8, 4) is 5.75 Å². The quantitative estimate of drug-likeness (QED) is 0.297. The molecule has 9 nitrogen and oxygen atoms in total. The average molecular weight is 470 g/mol. The molecule has 1 fully saturated rings. The van der Waals surface area contributed by atoms with E-state index in [0.717, 1.165) is 16.3 Å². The largest absolute Gasteiger partial charge is 0.382 e. The van der Waals surface area contributed by atoms with Gasteiger partial charge in [-0.25, -0.2) is 0 Å². The van der Waals surface area contributed by atoms with Gasteiger partial charge in [0.25, 0.3) is 5.69 Å². The Labute approximate surface area is 191 Å². The number of nitro groups is 1. The fourth-order valence-corrected chi connectivity index (χ4v) is 4.72. The van der Waals surface area contributed by atoms with Crippen LogP contribution in [-0.4, -0.2) is 61.0 Å². The highest BCUT2D eigenvalue weighted by atomic mass is 32.2. The molecule has 0 N–H and O–H groups in total. The lowest BCUT2D eigenvalue weighted by Gasteiger charge is -2.34. The number of fused-ring (bicyclic) bond motifs is 1. The lowest BCUT2D eigenvalue weighted by molar-refractivity contribution is -0.384. The minimum absolute atomic E-state index is 0.0429. The molecule has 172 valence electrons. The van der Waals surface area contributed by atoms with E-state index in [-0.39, 0.29) is 11.4 Å². The van der Waals surface area contributed by atoms with Crippen molar-refractivity contribution in [1.82, 2.24) is 9.80 Å². The molecule has 1 aliphatic heterocycles. The van der Waals surface area contributed by atoms with E-state index in [1.807, 2.05) is 24.3 Å². The van der Waals surface area contributed by atoms with Crippen LogP contribution >= 0.6 is 0 Å². The molecule has 3 aromatic rings. The van der Waals surface area contributed by atoms with Gasteiger partial charge in [0.15, 0.2) is 5.75 Å². The Hall–Kier alpha value is -3.50. The van der Waals surface area contributed by atoms with Crippen molar-refractivity contribution < 1.29 is 22.3 Å². The number of nitrogens with zero attached hydrogens (tertiary/aromatic N) is 3. The standard InChI is InChI=1S/C23H23N3O6S/c27-23(17-33(30,31)32-22-10-7-19-3-1-2-4-20(19)15-22)25-13-11-24(12-14-25)16-18-5-8-21(9-6-18)26(28)29/h1-10,15H,11-14,16-17H2. The summed E-state index contributed by atoms with van der Waals surface area (Å²) in [6.07, 6.45) is 0. The van der Waals surface area contributed by atoms with Crippen molar-refractivity contribution in [2.45, 2.75) is 6.54 Å². The first-order valence-corrected chi connectivity index (χ1v) is 12.0. The number of non-ortho nitro benzene ring substituents is 1. The maximum atomic E-state index is 12.6. The van der Waals surface area contributed by atoms with Crippen LogP contribution in [-0.2, 0) is 21.5 Å². The normalized spacial score (nSPS) is 14.8. The van der Waals surface area contributed by atoms with Gasteiger partial charge in [-0.3, -0.25) is 19.8 Å². The Morgan fingerprint density at radius 1 is 0.939 bits per heavy atom. The molecule has 0 aliphatic carbocycles. The van der Waals surface area contributed by atoms with Crippen LogP contribution in [0.2, 0.25) is 0 Å². The van der Waals surface area contributed by atoms with Crippen LogP contribution in [0.1, 0.15) is 5.56 Å². The SMILES string of the molecule is O=C(CS(=O)(=O)Oc1ccc2ccccc2c1)N1CCN(Cc2ccc([N+](=O)[O-])cc2)CC1. The van der Waals surface area contributed by atoms with Gasteiger partial charge in [0.2, 0.25) is 5.91 Å². The summed E-state index contributed by atoms with van der Waals surface area (Å²) in [5.41, 5.74) is 0.980. The summed E-state index contributed by atoms with van der Waals surface area (Å²) in [5, 5.41) is 12.6. The van der Waals surface area contributed by atoms with Gasteiger partial charge in [0.05, 0.1) is 4.92 Å². The van der Waals surface area contributed by atoms with Gasteiger partial charge in [-0.15, -0.1) is 0 Å². The number of nitro benzene ring substituents is 1. The first-order chi connectivity index (χ1) is 15.8. The zero-order valence-corrected chi connectivity index (χ0v) is 18.6. The number of benzene rings is 3. The number of carbonyl (C=O) groups excluding carboxylic acids is 1. The summed E-state index contributed by atoms with van der Waals surface area (Å²) in [6.45, 7) is 2.56. The third kappa shape index (κ3) is 5.85. The van der Waals surface area contributed by atoms with Gasteiger partial charge in [-0.2, -0.15) is 8.42 Å². The average Bonchev–Trinajstić information content (AvgIpc) is 2.79. The number of rotatable bonds is 7. The molecule has 1 saturated heterocycles. The molecule has 3 aromatic carbocycles. The molecule has 1 heterocycles. The molecule has 1 aliphatic rings. The smallest absolute Gasteiger partial charge is 0.318 e. The van der Waals surface area contributed by atoms with E-state index in [1.54, 1.807) is 30.3 Å². The molecular formula is C23H23N3O6S. The van der Waals surface area contributed by atoms with Crippen molar-refractivity contribution in [2.24, 2.45) is 0 Å². The highest BCUT2D eigenvalue weighted by Crippen LogP contribution is 2.22. The lowest BCUT2D eigenvalue weighted by Crippen LogP contribution is -2.49. The minimum atomic E-state index is -4.08. The van der Waals surface area contributed by atoms with Crippen LogP contribution in [0.15, 0.2) is 66.7 Å².